The van der Waals surface area contributed by atoms with Crippen molar-refractivity contribution >= 4 is 41.1 Å². The lowest BCUT2D eigenvalue weighted by atomic mass is 10.0. The number of rotatable bonds is 7. The topological polar surface area (TPSA) is 118 Å². The van der Waals surface area contributed by atoms with Gasteiger partial charge in [-0.15, -0.1) is 5.10 Å². The Morgan fingerprint density at radius 1 is 1.16 bits per heavy atom. The number of fused-ring (bicyclic) bond motifs is 1. The largest absolute Gasteiger partial charge is 0.497 e. The smallest absolute Gasteiger partial charge is 0.303 e. The second-order valence-electron chi connectivity index (χ2n) is 7.08. The highest BCUT2D eigenvalue weighted by Crippen LogP contribution is 2.34. The molecule has 3 aromatic rings. The van der Waals surface area contributed by atoms with Crippen LogP contribution in [0.3, 0.4) is 0 Å². The van der Waals surface area contributed by atoms with Crippen LogP contribution in [0.1, 0.15) is 30.0 Å². The molecule has 9 nitrogen and oxygen atoms in total. The zero-order chi connectivity index (χ0) is 22.7. The van der Waals surface area contributed by atoms with Crippen LogP contribution in [0.25, 0.3) is 5.70 Å². The second-order valence-corrected chi connectivity index (χ2v) is 7.51. The van der Waals surface area contributed by atoms with Crippen molar-refractivity contribution in [3.8, 4) is 5.75 Å². The van der Waals surface area contributed by atoms with Crippen molar-refractivity contribution < 1.29 is 19.4 Å². The molecule has 0 saturated heterocycles. The van der Waals surface area contributed by atoms with Gasteiger partial charge >= 0.3 is 5.97 Å². The van der Waals surface area contributed by atoms with Gasteiger partial charge in [0.05, 0.1) is 13.5 Å². The number of aliphatic carboxylic acids is 1. The van der Waals surface area contributed by atoms with E-state index in [0.29, 0.717) is 11.0 Å². The van der Waals surface area contributed by atoms with Crippen LogP contribution in [0.5, 0.6) is 5.75 Å². The number of hydrogen-bond acceptors (Lipinski definition) is 6. The summed E-state index contributed by atoms with van der Waals surface area (Å²) in [6.07, 6.45) is 1.57. The van der Waals surface area contributed by atoms with Gasteiger partial charge < -0.3 is 15.2 Å². The summed E-state index contributed by atoms with van der Waals surface area (Å²) in [5.41, 5.74) is 2.66. The van der Waals surface area contributed by atoms with E-state index in [1.165, 1.54) is 0 Å². The quantitative estimate of drug-likeness (QED) is 0.497. The van der Waals surface area contributed by atoms with Gasteiger partial charge in [0.25, 0.3) is 5.95 Å². The number of ether oxygens (including phenoxy) is 1. The number of carbonyl (C=O) groups excluding carboxylic acids is 1. The third-order valence-corrected chi connectivity index (χ3v) is 5.15. The van der Waals surface area contributed by atoms with Crippen LogP contribution >= 0.6 is 11.6 Å². The number of carboxylic acids is 1. The van der Waals surface area contributed by atoms with Crippen LogP contribution in [-0.2, 0) is 9.59 Å². The molecule has 0 aliphatic carbocycles. The van der Waals surface area contributed by atoms with Crippen molar-refractivity contribution in [1.29, 1.82) is 0 Å². The lowest BCUT2D eigenvalue weighted by Gasteiger charge is -2.24. The maximum Gasteiger partial charge on any atom is 0.303 e. The number of amides is 1. The van der Waals surface area contributed by atoms with E-state index in [1.54, 1.807) is 23.9 Å². The molecule has 0 radical (unpaired) electrons. The highest BCUT2D eigenvalue weighted by molar-refractivity contribution is 6.30. The molecule has 3 N–H and O–H groups in total. The summed E-state index contributed by atoms with van der Waals surface area (Å²) in [6, 6.07) is 14.7. The average molecular weight is 454 g/mol. The molecule has 1 unspecified atom stereocenters. The SMILES string of the molecule is COc1ccc(C2C=C(c3ccc(Cl)cc3)Nc3nc(NC(=O)CCC(=O)O)nn32)cc1. The molecule has 1 aliphatic rings. The fraction of sp³-hybridized carbons (Fsp3) is 0.182. The van der Waals surface area contributed by atoms with Crippen molar-refractivity contribution in [3.05, 3.63) is 70.8 Å². The molecule has 1 aliphatic heterocycles. The van der Waals surface area contributed by atoms with Gasteiger partial charge in [-0.25, -0.2) is 4.68 Å². The lowest BCUT2D eigenvalue weighted by molar-refractivity contribution is -0.138. The van der Waals surface area contributed by atoms with Crippen molar-refractivity contribution in [2.24, 2.45) is 0 Å². The van der Waals surface area contributed by atoms with Gasteiger partial charge in [0.15, 0.2) is 0 Å². The first-order chi connectivity index (χ1) is 15.4. The third-order valence-electron chi connectivity index (χ3n) is 4.90. The Labute approximate surface area is 188 Å². The van der Waals surface area contributed by atoms with Crippen molar-refractivity contribution in [2.75, 3.05) is 17.7 Å². The van der Waals surface area contributed by atoms with Gasteiger partial charge in [-0.05, 0) is 41.5 Å². The zero-order valence-corrected chi connectivity index (χ0v) is 17.8. The number of methoxy groups -OCH3 is 1. The highest BCUT2D eigenvalue weighted by atomic mass is 35.5. The second kappa shape index (κ2) is 9.11. The highest BCUT2D eigenvalue weighted by Gasteiger charge is 2.26. The summed E-state index contributed by atoms with van der Waals surface area (Å²) < 4.78 is 6.91. The summed E-state index contributed by atoms with van der Waals surface area (Å²) in [6.45, 7) is 0. The van der Waals surface area contributed by atoms with E-state index in [2.05, 4.69) is 20.7 Å². The minimum absolute atomic E-state index is 0.0900. The predicted molar refractivity (Wildman–Crippen MR) is 120 cm³/mol. The third kappa shape index (κ3) is 4.73. The Kier molecular flexibility index (Phi) is 6.09. The van der Waals surface area contributed by atoms with Crippen LogP contribution in [0.15, 0.2) is 54.6 Å². The van der Waals surface area contributed by atoms with Gasteiger partial charge in [0.1, 0.15) is 11.8 Å². The molecule has 4 rings (SSSR count). The van der Waals surface area contributed by atoms with Gasteiger partial charge in [-0.3, -0.25) is 14.9 Å². The van der Waals surface area contributed by atoms with Gasteiger partial charge in [-0.1, -0.05) is 35.9 Å². The Morgan fingerprint density at radius 2 is 1.88 bits per heavy atom. The van der Waals surface area contributed by atoms with E-state index in [4.69, 9.17) is 21.4 Å². The number of halogens is 1. The lowest BCUT2D eigenvalue weighted by Crippen LogP contribution is -2.20. The van der Waals surface area contributed by atoms with E-state index < -0.39 is 11.9 Å². The molecule has 32 heavy (non-hydrogen) atoms. The predicted octanol–water partition coefficient (Wildman–Crippen LogP) is 3.80. The minimum atomic E-state index is -1.05. The zero-order valence-electron chi connectivity index (χ0n) is 17.1. The molecule has 1 aromatic heterocycles. The molecule has 0 fully saturated rings. The average Bonchev–Trinajstić information content (AvgIpc) is 3.20. The number of allylic oxidation sites excluding steroid dienone is 1. The molecule has 1 atom stereocenters. The summed E-state index contributed by atoms with van der Waals surface area (Å²) in [5.74, 6) is -0.258. The summed E-state index contributed by atoms with van der Waals surface area (Å²) in [7, 11) is 1.60. The first-order valence-electron chi connectivity index (χ1n) is 9.80. The number of hydrogen-bond donors (Lipinski definition) is 3. The normalized spacial score (nSPS) is 14.7. The molecular weight excluding hydrogens is 434 g/mol. The minimum Gasteiger partial charge on any atom is -0.497 e. The van der Waals surface area contributed by atoms with E-state index in [0.717, 1.165) is 22.6 Å². The van der Waals surface area contributed by atoms with E-state index in [1.807, 2.05) is 42.5 Å². The van der Waals surface area contributed by atoms with E-state index in [9.17, 15) is 9.59 Å². The number of nitrogens with one attached hydrogen (secondary N) is 2. The fourth-order valence-electron chi connectivity index (χ4n) is 3.29. The van der Waals surface area contributed by atoms with Gasteiger partial charge in [0, 0.05) is 17.1 Å². The van der Waals surface area contributed by atoms with Gasteiger partial charge in [0.2, 0.25) is 11.9 Å². The molecular formula is C22H20ClN5O4. The maximum absolute atomic E-state index is 12.0. The first kappa shape index (κ1) is 21.4. The molecule has 0 bridgehead atoms. The Morgan fingerprint density at radius 3 is 2.53 bits per heavy atom. The molecule has 2 aromatic carbocycles. The van der Waals surface area contributed by atoms with Crippen LogP contribution < -0.4 is 15.4 Å². The molecule has 0 saturated carbocycles. The molecule has 2 heterocycles. The van der Waals surface area contributed by atoms with Crippen LogP contribution in [0, 0.1) is 0 Å². The van der Waals surface area contributed by atoms with Crippen molar-refractivity contribution in [1.82, 2.24) is 14.8 Å². The summed E-state index contributed by atoms with van der Waals surface area (Å²) >= 11 is 6.03. The van der Waals surface area contributed by atoms with Crippen molar-refractivity contribution in [2.45, 2.75) is 18.9 Å². The fourth-order valence-corrected chi connectivity index (χ4v) is 3.42. The monoisotopic (exact) mass is 453 g/mol. The number of nitrogens with zero attached hydrogens (tertiary/aromatic N) is 3. The Hall–Kier alpha value is -3.85. The Bertz CT molecular complexity index is 1170. The summed E-state index contributed by atoms with van der Waals surface area (Å²) in [5, 5.41) is 19.6. The van der Waals surface area contributed by atoms with Crippen molar-refractivity contribution in [3.63, 3.8) is 0 Å². The Balaban J connectivity index is 1.67. The van der Waals surface area contributed by atoms with Crippen LogP contribution in [-0.4, -0.2) is 38.9 Å². The van der Waals surface area contributed by atoms with Crippen LogP contribution in [0.4, 0.5) is 11.9 Å². The van der Waals surface area contributed by atoms with E-state index in [-0.39, 0.29) is 24.8 Å². The molecule has 10 heteroatoms. The standard InChI is InChI=1S/C22H20ClN5O4/c1-32-16-8-4-14(5-9-16)18-12-17(13-2-6-15(23)7-3-13)24-22-26-21(27-28(18)22)25-19(29)10-11-20(30)31/h2-9,12,18H,10-11H2,1H3,(H,30,31)(H2,24,25,26,27,29). The summed E-state index contributed by atoms with van der Waals surface area (Å²) in [4.78, 5) is 27.1. The van der Waals surface area contributed by atoms with Gasteiger partial charge in [-0.2, -0.15) is 4.98 Å². The number of aromatic nitrogens is 3. The van der Waals surface area contributed by atoms with Crippen LogP contribution in [0.2, 0.25) is 5.02 Å². The maximum atomic E-state index is 12.0. The molecule has 164 valence electrons. The van der Waals surface area contributed by atoms with E-state index >= 15 is 0 Å². The number of carbonyl (C=O) groups is 2. The number of benzene rings is 2. The number of anilines is 2. The number of carboxylic acid groups (broad SMARTS) is 1. The molecule has 1 amide bonds. The molecule has 0 spiro atoms. The first-order valence-corrected chi connectivity index (χ1v) is 10.2.